The summed E-state index contributed by atoms with van der Waals surface area (Å²) < 4.78 is 0. The fraction of sp³-hybridized carbons (Fsp3) is 0.500. The molecule has 0 aliphatic heterocycles. The quantitative estimate of drug-likeness (QED) is 0.356. The number of hydrogen-bond donors (Lipinski definition) is 4. The molecule has 0 radical (unpaired) electrons. The molecular weight excluding hydrogens is 154 g/mol. The van der Waals surface area contributed by atoms with Gasteiger partial charge in [-0.05, 0) is 6.92 Å². The molecule has 1 unspecified atom stereocenters. The first-order valence-corrected chi connectivity index (χ1v) is 2.48. The van der Waals surface area contributed by atoms with E-state index in [4.69, 9.17) is 5.11 Å². The maximum atomic E-state index is 10.3. The van der Waals surface area contributed by atoms with E-state index in [1.807, 2.05) is 0 Å². The molecule has 0 bridgehead atoms. The predicted molar refractivity (Wildman–Crippen MR) is 35.5 cm³/mol. The van der Waals surface area contributed by atoms with Crippen molar-refractivity contribution in [1.29, 1.82) is 0 Å². The van der Waals surface area contributed by atoms with Crippen LogP contribution in [0.5, 0.6) is 0 Å². The van der Waals surface area contributed by atoms with Crippen LogP contribution in [0.15, 0.2) is 0 Å². The summed E-state index contributed by atoms with van der Waals surface area (Å²) in [5, 5.41) is 8.47. The van der Waals surface area contributed by atoms with Gasteiger partial charge in [-0.15, -0.1) is 0 Å². The van der Waals surface area contributed by atoms with Crippen LogP contribution < -0.4 is 17.4 Å². The zero-order valence-corrected chi connectivity index (χ0v) is 6.03. The van der Waals surface area contributed by atoms with E-state index in [1.54, 1.807) is 5.48 Å². The Morgan fingerprint density at radius 2 is 2.09 bits per heavy atom. The second kappa shape index (κ2) is 5.45. The van der Waals surface area contributed by atoms with Gasteiger partial charge in [-0.3, -0.25) is 0 Å². The molecule has 0 saturated carbocycles. The minimum absolute atomic E-state index is 0. The number of nitrogens with two attached hydrogens (primary N) is 1. The van der Waals surface area contributed by atoms with Crippen LogP contribution in [0, 0.1) is 0 Å². The van der Waals surface area contributed by atoms with Crippen molar-refractivity contribution in [2.45, 2.75) is 13.0 Å². The van der Waals surface area contributed by atoms with Gasteiger partial charge in [0.25, 0.3) is 0 Å². The van der Waals surface area contributed by atoms with Crippen LogP contribution >= 0.6 is 0 Å². The Hall–Kier alpha value is -1.34. The van der Waals surface area contributed by atoms with Crippen LogP contribution in [0.2, 0.25) is 0 Å². The van der Waals surface area contributed by atoms with E-state index in [1.165, 1.54) is 6.92 Å². The van der Waals surface area contributed by atoms with E-state index in [0.29, 0.717) is 0 Å². The molecular formula is C4H11N3O4. The largest absolute Gasteiger partial charge is 0.382 e. The van der Waals surface area contributed by atoms with Gasteiger partial charge in [0, 0.05) is 0 Å². The molecule has 7 heteroatoms. The van der Waals surface area contributed by atoms with Gasteiger partial charge < -0.3 is 21.8 Å². The van der Waals surface area contributed by atoms with Gasteiger partial charge in [-0.25, -0.2) is 9.59 Å². The third-order valence-corrected chi connectivity index (χ3v) is 0.593. The van der Waals surface area contributed by atoms with Crippen molar-refractivity contribution in [3.63, 3.8) is 0 Å². The molecule has 11 heavy (non-hydrogen) atoms. The summed E-state index contributed by atoms with van der Waals surface area (Å²) in [6.45, 7) is 1.20. The molecule has 7 nitrogen and oxygen atoms in total. The van der Waals surface area contributed by atoms with Crippen molar-refractivity contribution in [3.05, 3.63) is 0 Å². The van der Waals surface area contributed by atoms with Gasteiger partial charge in [-0.1, -0.05) is 0 Å². The normalized spacial score (nSPS) is 10.7. The Kier molecular flexibility index (Phi) is 6.11. The van der Waals surface area contributed by atoms with Gasteiger partial charge in [0.05, 0.1) is 0 Å². The number of primary amides is 1. The van der Waals surface area contributed by atoms with Crippen molar-refractivity contribution in [3.8, 4) is 0 Å². The molecule has 1 atom stereocenters. The summed E-state index contributed by atoms with van der Waals surface area (Å²) in [6, 6.07) is -0.992. The monoisotopic (exact) mass is 165 g/mol. The third kappa shape index (κ3) is 6.55. The van der Waals surface area contributed by atoms with Crippen LogP contribution in [-0.4, -0.2) is 23.2 Å². The molecule has 0 aliphatic carbocycles. The second-order valence-electron chi connectivity index (χ2n) is 1.56. The highest BCUT2D eigenvalue weighted by Gasteiger charge is 2.10. The van der Waals surface area contributed by atoms with E-state index in [-0.39, 0.29) is 6.15 Å². The highest BCUT2D eigenvalue weighted by atomic mass is 16.7. The third-order valence-electron chi connectivity index (χ3n) is 0.593. The van der Waals surface area contributed by atoms with Crippen molar-refractivity contribution < 1.29 is 19.5 Å². The van der Waals surface area contributed by atoms with Crippen LogP contribution in [-0.2, 0) is 9.63 Å². The number of nitrogens with one attached hydrogen (secondary N) is 1. The van der Waals surface area contributed by atoms with Crippen LogP contribution in [0.3, 0.4) is 0 Å². The number of aliphatic hydroxyl groups is 1. The molecule has 0 aromatic heterocycles. The van der Waals surface area contributed by atoms with Crippen molar-refractivity contribution in [1.82, 2.24) is 11.6 Å². The zero-order chi connectivity index (χ0) is 8.15. The Morgan fingerprint density at radius 1 is 1.64 bits per heavy atom. The average Bonchev–Trinajstić information content (AvgIpc) is 1.82. The molecule has 0 aromatic rings. The Labute approximate surface area is 63.0 Å². The van der Waals surface area contributed by atoms with Gasteiger partial charge in [0.15, 0.2) is 6.10 Å². The Balaban J connectivity index is 0. The van der Waals surface area contributed by atoms with Crippen LogP contribution in [0.25, 0.3) is 0 Å². The van der Waals surface area contributed by atoms with Gasteiger partial charge in [0.2, 0.25) is 0 Å². The molecule has 0 aliphatic rings. The first-order chi connectivity index (χ1) is 4.54. The summed E-state index contributed by atoms with van der Waals surface area (Å²) in [5.41, 5.74) is 6.09. The average molecular weight is 165 g/mol. The first kappa shape index (κ1) is 12.3. The van der Waals surface area contributed by atoms with Gasteiger partial charge in [0.1, 0.15) is 0 Å². The number of urea groups is 1. The zero-order valence-electron chi connectivity index (χ0n) is 6.03. The predicted octanol–water partition coefficient (Wildman–Crippen LogP) is -1.34. The van der Waals surface area contributed by atoms with E-state index in [0.717, 1.165) is 0 Å². The lowest BCUT2D eigenvalue weighted by molar-refractivity contribution is -0.157. The lowest BCUT2D eigenvalue weighted by Crippen LogP contribution is -2.35. The lowest BCUT2D eigenvalue weighted by Gasteiger charge is -2.03. The molecule has 0 fully saturated rings. The molecule has 0 heterocycles. The highest BCUT2D eigenvalue weighted by molar-refractivity contribution is 5.77. The number of aliphatic hydroxyl groups excluding tert-OH is 1. The van der Waals surface area contributed by atoms with Crippen LogP contribution in [0.4, 0.5) is 4.79 Å². The van der Waals surface area contributed by atoms with Crippen LogP contribution in [0.1, 0.15) is 6.92 Å². The summed E-state index contributed by atoms with van der Waals surface area (Å²) in [7, 11) is 0. The van der Waals surface area contributed by atoms with Crippen molar-refractivity contribution >= 4 is 12.0 Å². The van der Waals surface area contributed by atoms with Crippen molar-refractivity contribution in [2.24, 2.45) is 5.73 Å². The maximum Gasteiger partial charge on any atom is 0.360 e. The number of hydroxylamine groups is 1. The summed E-state index contributed by atoms with van der Waals surface area (Å²) in [6.07, 6.45) is -1.27. The molecule has 0 aromatic carbocycles. The lowest BCUT2D eigenvalue weighted by atomic mass is 10.4. The maximum absolute atomic E-state index is 10.3. The van der Waals surface area contributed by atoms with E-state index >= 15 is 0 Å². The standard InChI is InChI=1S/C4H8N2O4.H3N/c1-2(7)3(8)10-6-4(5)9;/h2,7H,1H3,(H3,5,6,9);1H3. The van der Waals surface area contributed by atoms with E-state index < -0.39 is 18.1 Å². The minimum atomic E-state index is -1.27. The fourth-order valence-electron chi connectivity index (χ4n) is 0.186. The fourth-order valence-corrected chi connectivity index (χ4v) is 0.186. The topological polar surface area (TPSA) is 137 Å². The van der Waals surface area contributed by atoms with Crippen molar-refractivity contribution in [2.75, 3.05) is 0 Å². The summed E-state index contributed by atoms with van der Waals surface area (Å²) in [5.74, 6) is -0.959. The Morgan fingerprint density at radius 3 is 2.36 bits per heavy atom. The van der Waals surface area contributed by atoms with Gasteiger partial charge >= 0.3 is 12.0 Å². The molecule has 7 N–H and O–H groups in total. The summed E-state index contributed by atoms with van der Waals surface area (Å²) in [4.78, 5) is 24.1. The van der Waals surface area contributed by atoms with Gasteiger partial charge in [-0.2, -0.15) is 5.48 Å². The second-order valence-corrected chi connectivity index (χ2v) is 1.56. The molecule has 0 spiro atoms. The number of rotatable bonds is 1. The number of carbonyl (C=O) groups excluding carboxylic acids is 2. The van der Waals surface area contributed by atoms with E-state index in [9.17, 15) is 9.59 Å². The minimum Gasteiger partial charge on any atom is -0.382 e. The SMILES string of the molecule is CC(O)C(=O)ONC(N)=O.N. The van der Waals surface area contributed by atoms with E-state index in [2.05, 4.69) is 10.6 Å². The summed E-state index contributed by atoms with van der Waals surface area (Å²) >= 11 is 0. The first-order valence-electron chi connectivity index (χ1n) is 2.48. The molecule has 0 saturated heterocycles. The number of carbonyl (C=O) groups is 2. The number of amides is 2. The number of hydrogen-bond acceptors (Lipinski definition) is 5. The highest BCUT2D eigenvalue weighted by Crippen LogP contribution is 1.81. The smallest absolute Gasteiger partial charge is 0.360 e. The molecule has 66 valence electrons. The Bertz CT molecular complexity index is 146. The molecule has 0 rings (SSSR count). The molecule has 2 amide bonds.